The Bertz CT molecular complexity index is 329. The summed E-state index contributed by atoms with van der Waals surface area (Å²) >= 11 is 0. The Hall–Kier alpha value is -1.31. The predicted octanol–water partition coefficient (Wildman–Crippen LogP) is 2.95. The van der Waals surface area contributed by atoms with Gasteiger partial charge in [0.2, 0.25) is 0 Å². The molecule has 0 heterocycles. The number of hydrogen-bond acceptors (Lipinski definition) is 2. The fourth-order valence-corrected chi connectivity index (χ4v) is 1.61. The molecule has 0 radical (unpaired) electrons. The van der Waals surface area contributed by atoms with E-state index in [-0.39, 0.29) is 0 Å². The highest BCUT2D eigenvalue weighted by atomic mass is 16.5. The predicted molar refractivity (Wildman–Crippen MR) is 61.5 cm³/mol. The highest BCUT2D eigenvalue weighted by Gasteiger charge is 2.07. The molecule has 82 valence electrons. The van der Waals surface area contributed by atoms with Crippen LogP contribution in [0.25, 0.3) is 0 Å². The van der Waals surface area contributed by atoms with Gasteiger partial charge in [0.25, 0.3) is 0 Å². The first-order valence-corrected chi connectivity index (χ1v) is 5.29. The molecule has 0 aliphatic rings. The highest BCUT2D eigenvalue weighted by molar-refractivity contribution is 5.50. The van der Waals surface area contributed by atoms with Crippen molar-refractivity contribution in [1.82, 2.24) is 0 Å². The highest BCUT2D eigenvalue weighted by Crippen LogP contribution is 2.27. The summed E-state index contributed by atoms with van der Waals surface area (Å²) in [4.78, 5) is 10.3. The third-order valence-electron chi connectivity index (χ3n) is 2.47. The molecule has 0 saturated heterocycles. The summed E-state index contributed by atoms with van der Waals surface area (Å²) < 4.78 is 5.34. The summed E-state index contributed by atoms with van der Waals surface area (Å²) in [5.41, 5.74) is 2.37. The second kappa shape index (κ2) is 5.54. The van der Waals surface area contributed by atoms with Crippen LogP contribution in [-0.2, 0) is 11.2 Å². The van der Waals surface area contributed by atoms with Gasteiger partial charge in [0, 0.05) is 6.42 Å². The molecule has 2 heteroatoms. The van der Waals surface area contributed by atoms with Gasteiger partial charge in [-0.15, -0.1) is 0 Å². The largest absolute Gasteiger partial charge is 0.496 e. The fraction of sp³-hybridized carbons (Fsp3) is 0.462. The third kappa shape index (κ3) is 3.08. The molecule has 0 saturated carbocycles. The molecule has 0 unspecified atom stereocenters. The van der Waals surface area contributed by atoms with Gasteiger partial charge in [-0.25, -0.2) is 0 Å². The normalized spacial score (nSPS) is 10.4. The number of aldehydes is 1. The lowest BCUT2D eigenvalue weighted by Gasteiger charge is -2.12. The van der Waals surface area contributed by atoms with Gasteiger partial charge in [-0.2, -0.15) is 0 Å². The van der Waals surface area contributed by atoms with Crippen molar-refractivity contribution in [3.63, 3.8) is 0 Å². The van der Waals surface area contributed by atoms with Crippen LogP contribution in [0.1, 0.15) is 37.3 Å². The fourth-order valence-electron chi connectivity index (χ4n) is 1.61. The average molecular weight is 206 g/mol. The van der Waals surface area contributed by atoms with Gasteiger partial charge in [0.15, 0.2) is 0 Å². The SMILES string of the molecule is COc1cc(CCC=O)ccc1C(C)C. The van der Waals surface area contributed by atoms with E-state index < -0.39 is 0 Å². The standard InChI is InChI=1S/C13H18O2/c1-10(2)12-7-6-11(5-4-8-14)9-13(12)15-3/h6-10H,4-5H2,1-3H3. The van der Waals surface area contributed by atoms with Gasteiger partial charge in [-0.3, -0.25) is 0 Å². The van der Waals surface area contributed by atoms with Gasteiger partial charge >= 0.3 is 0 Å². The first-order valence-electron chi connectivity index (χ1n) is 5.29. The summed E-state index contributed by atoms with van der Waals surface area (Å²) in [6, 6.07) is 6.18. The Morgan fingerprint density at radius 3 is 2.67 bits per heavy atom. The van der Waals surface area contributed by atoms with E-state index in [4.69, 9.17) is 4.74 Å². The average Bonchev–Trinajstić information content (AvgIpc) is 2.25. The summed E-state index contributed by atoms with van der Waals surface area (Å²) in [5, 5.41) is 0. The number of rotatable bonds is 5. The number of ether oxygens (including phenoxy) is 1. The number of carbonyl (C=O) groups is 1. The molecular weight excluding hydrogens is 188 g/mol. The van der Waals surface area contributed by atoms with Crippen LogP contribution in [-0.4, -0.2) is 13.4 Å². The lowest BCUT2D eigenvalue weighted by molar-refractivity contribution is -0.107. The number of carbonyl (C=O) groups excluding carboxylic acids is 1. The summed E-state index contributed by atoms with van der Waals surface area (Å²) in [6.45, 7) is 4.28. The first-order chi connectivity index (χ1) is 7.19. The van der Waals surface area contributed by atoms with Crippen molar-refractivity contribution >= 4 is 6.29 Å². The van der Waals surface area contributed by atoms with E-state index >= 15 is 0 Å². The quantitative estimate of drug-likeness (QED) is 0.692. The van der Waals surface area contributed by atoms with E-state index in [0.29, 0.717) is 12.3 Å². The van der Waals surface area contributed by atoms with Crippen molar-refractivity contribution in [3.05, 3.63) is 29.3 Å². The Kier molecular flexibility index (Phi) is 4.35. The second-order valence-electron chi connectivity index (χ2n) is 3.94. The second-order valence-corrected chi connectivity index (χ2v) is 3.94. The lowest BCUT2D eigenvalue weighted by Crippen LogP contribution is -1.96. The van der Waals surface area contributed by atoms with Crippen molar-refractivity contribution in [1.29, 1.82) is 0 Å². The van der Waals surface area contributed by atoms with Crippen LogP contribution >= 0.6 is 0 Å². The van der Waals surface area contributed by atoms with E-state index in [1.165, 1.54) is 5.56 Å². The number of hydrogen-bond donors (Lipinski definition) is 0. The minimum atomic E-state index is 0.458. The minimum absolute atomic E-state index is 0.458. The molecule has 0 N–H and O–H groups in total. The maximum absolute atomic E-state index is 10.3. The maximum Gasteiger partial charge on any atom is 0.122 e. The molecule has 2 nitrogen and oxygen atoms in total. The monoisotopic (exact) mass is 206 g/mol. The van der Waals surface area contributed by atoms with Crippen LogP contribution in [0.2, 0.25) is 0 Å². The van der Waals surface area contributed by atoms with Gasteiger partial charge in [-0.1, -0.05) is 26.0 Å². The van der Waals surface area contributed by atoms with Crippen LogP contribution in [0.5, 0.6) is 5.75 Å². The van der Waals surface area contributed by atoms with Crippen molar-refractivity contribution in [2.75, 3.05) is 7.11 Å². The maximum atomic E-state index is 10.3. The smallest absolute Gasteiger partial charge is 0.122 e. The molecule has 1 rings (SSSR count). The number of methoxy groups -OCH3 is 1. The third-order valence-corrected chi connectivity index (χ3v) is 2.47. The summed E-state index contributed by atoms with van der Waals surface area (Å²) in [7, 11) is 1.69. The van der Waals surface area contributed by atoms with E-state index in [2.05, 4.69) is 26.0 Å². The van der Waals surface area contributed by atoms with Gasteiger partial charge in [0.05, 0.1) is 7.11 Å². The van der Waals surface area contributed by atoms with Crippen LogP contribution < -0.4 is 4.74 Å². The molecular formula is C13H18O2. The molecule has 1 aromatic rings. The Labute approximate surface area is 91.3 Å². The van der Waals surface area contributed by atoms with Crippen LogP contribution in [0.3, 0.4) is 0 Å². The topological polar surface area (TPSA) is 26.3 Å². The zero-order valence-electron chi connectivity index (χ0n) is 9.62. The number of benzene rings is 1. The molecule has 0 atom stereocenters. The van der Waals surface area contributed by atoms with E-state index in [9.17, 15) is 4.79 Å². The summed E-state index contributed by atoms with van der Waals surface area (Å²) in [5.74, 6) is 1.38. The van der Waals surface area contributed by atoms with Crippen LogP contribution in [0, 0.1) is 0 Å². The Morgan fingerprint density at radius 1 is 1.40 bits per heavy atom. The van der Waals surface area contributed by atoms with Crippen molar-refractivity contribution in [2.45, 2.75) is 32.6 Å². The Balaban J connectivity index is 2.91. The number of aryl methyl sites for hydroxylation is 1. The molecule has 0 spiro atoms. The lowest BCUT2D eigenvalue weighted by atomic mass is 9.99. The van der Waals surface area contributed by atoms with Crippen molar-refractivity contribution in [3.8, 4) is 5.75 Å². The molecule has 0 amide bonds. The zero-order valence-corrected chi connectivity index (χ0v) is 9.62. The Morgan fingerprint density at radius 2 is 2.13 bits per heavy atom. The molecule has 15 heavy (non-hydrogen) atoms. The van der Waals surface area contributed by atoms with E-state index in [1.54, 1.807) is 7.11 Å². The molecule has 0 fully saturated rings. The van der Waals surface area contributed by atoms with Gasteiger partial charge in [0.1, 0.15) is 12.0 Å². The van der Waals surface area contributed by atoms with Gasteiger partial charge in [-0.05, 0) is 29.5 Å². The molecule has 0 bridgehead atoms. The molecule has 0 aliphatic carbocycles. The summed E-state index contributed by atoms with van der Waals surface area (Å²) in [6.07, 6.45) is 2.31. The van der Waals surface area contributed by atoms with Crippen LogP contribution in [0.4, 0.5) is 0 Å². The van der Waals surface area contributed by atoms with Crippen molar-refractivity contribution in [2.24, 2.45) is 0 Å². The van der Waals surface area contributed by atoms with Crippen LogP contribution in [0.15, 0.2) is 18.2 Å². The minimum Gasteiger partial charge on any atom is -0.496 e. The zero-order chi connectivity index (χ0) is 11.3. The molecule has 1 aromatic carbocycles. The van der Waals surface area contributed by atoms with Crippen molar-refractivity contribution < 1.29 is 9.53 Å². The molecule has 0 aromatic heterocycles. The van der Waals surface area contributed by atoms with E-state index in [1.807, 2.05) is 6.07 Å². The first kappa shape index (κ1) is 11.8. The molecule has 0 aliphatic heterocycles. The van der Waals surface area contributed by atoms with E-state index in [0.717, 1.165) is 24.0 Å². The van der Waals surface area contributed by atoms with Gasteiger partial charge < -0.3 is 9.53 Å².